The highest BCUT2D eigenvalue weighted by Crippen LogP contribution is 2.09. The van der Waals surface area contributed by atoms with E-state index in [4.69, 9.17) is 0 Å². The number of hydrogen-bond acceptors (Lipinski definition) is 3. The number of urea groups is 1. The molecule has 5 nitrogen and oxygen atoms in total. The Bertz CT molecular complexity index is 429. The Morgan fingerprint density at radius 3 is 2.42 bits per heavy atom. The molecule has 0 bridgehead atoms. The number of methoxy groups -OCH3 is 1. The van der Waals surface area contributed by atoms with Crippen LogP contribution in [-0.2, 0) is 9.53 Å². The molecule has 2 amide bonds. The van der Waals surface area contributed by atoms with Gasteiger partial charge in [0.2, 0.25) is 0 Å². The molecule has 0 fully saturated rings. The normalized spacial score (nSPS) is 9.84. The molecule has 19 heavy (non-hydrogen) atoms. The summed E-state index contributed by atoms with van der Waals surface area (Å²) in [4.78, 5) is 24.6. The van der Waals surface area contributed by atoms with Gasteiger partial charge in [0.05, 0.1) is 13.5 Å². The number of ether oxygens (including phenoxy) is 1. The molecule has 0 aromatic heterocycles. The molecule has 0 aliphatic rings. The minimum Gasteiger partial charge on any atom is -0.469 e. The van der Waals surface area contributed by atoms with E-state index >= 15 is 0 Å². The highest BCUT2D eigenvalue weighted by Gasteiger charge is 2.13. The van der Waals surface area contributed by atoms with Crippen LogP contribution in [0.25, 0.3) is 0 Å². The summed E-state index contributed by atoms with van der Waals surface area (Å²) in [6.07, 6.45) is 0.200. The number of nitrogens with zero attached hydrogens (tertiary/aromatic N) is 1. The van der Waals surface area contributed by atoms with Gasteiger partial charge in [0.25, 0.3) is 0 Å². The average molecular weight is 264 g/mol. The number of aryl methyl sites for hydroxylation is 1. The van der Waals surface area contributed by atoms with Crippen LogP contribution >= 0.6 is 0 Å². The Labute approximate surface area is 113 Å². The van der Waals surface area contributed by atoms with Crippen LogP contribution in [0.1, 0.15) is 18.9 Å². The zero-order valence-electron chi connectivity index (χ0n) is 11.6. The Morgan fingerprint density at radius 1 is 1.26 bits per heavy atom. The second-order valence-corrected chi connectivity index (χ2v) is 4.20. The first-order valence-electron chi connectivity index (χ1n) is 6.26. The average Bonchev–Trinajstić information content (AvgIpc) is 2.41. The van der Waals surface area contributed by atoms with Crippen molar-refractivity contribution < 1.29 is 14.3 Å². The molecular formula is C14H20N2O3. The molecule has 0 heterocycles. The summed E-state index contributed by atoms with van der Waals surface area (Å²) >= 11 is 0. The van der Waals surface area contributed by atoms with Gasteiger partial charge in [-0.05, 0) is 26.0 Å². The Morgan fingerprint density at radius 2 is 1.89 bits per heavy atom. The molecule has 1 N–H and O–H groups in total. The standard InChI is InChI=1S/C14H20N2O3/c1-4-16(10-9-13(17)19-3)14(18)15-12-7-5-11(2)6-8-12/h5-8H,4,9-10H2,1-3H3,(H,15,18). The van der Waals surface area contributed by atoms with Crippen LogP contribution in [0.4, 0.5) is 10.5 Å². The summed E-state index contributed by atoms with van der Waals surface area (Å²) in [6, 6.07) is 7.35. The van der Waals surface area contributed by atoms with Gasteiger partial charge in [-0.3, -0.25) is 4.79 Å². The van der Waals surface area contributed by atoms with Crippen molar-refractivity contribution in [2.45, 2.75) is 20.3 Å². The third-order valence-corrected chi connectivity index (χ3v) is 2.79. The van der Waals surface area contributed by atoms with Crippen LogP contribution in [0, 0.1) is 6.92 Å². The molecule has 0 atom stereocenters. The predicted molar refractivity (Wildman–Crippen MR) is 74.1 cm³/mol. The minimum atomic E-state index is -0.318. The molecule has 0 saturated heterocycles. The Balaban J connectivity index is 2.53. The van der Waals surface area contributed by atoms with Gasteiger partial charge < -0.3 is 15.0 Å². The number of nitrogens with one attached hydrogen (secondary N) is 1. The SMILES string of the molecule is CCN(CCC(=O)OC)C(=O)Nc1ccc(C)cc1. The van der Waals surface area contributed by atoms with Crippen LogP contribution in [0.5, 0.6) is 0 Å². The predicted octanol–water partition coefficient (Wildman–Crippen LogP) is 2.41. The van der Waals surface area contributed by atoms with Gasteiger partial charge in [-0.25, -0.2) is 4.79 Å². The topological polar surface area (TPSA) is 58.6 Å². The summed E-state index contributed by atoms with van der Waals surface area (Å²) in [7, 11) is 1.34. The van der Waals surface area contributed by atoms with E-state index in [9.17, 15) is 9.59 Å². The third-order valence-electron chi connectivity index (χ3n) is 2.79. The molecule has 0 aliphatic heterocycles. The van der Waals surface area contributed by atoms with Gasteiger partial charge in [0.15, 0.2) is 0 Å². The molecule has 1 rings (SSSR count). The van der Waals surface area contributed by atoms with Gasteiger partial charge in [0.1, 0.15) is 0 Å². The van der Waals surface area contributed by atoms with Crippen molar-refractivity contribution in [3.8, 4) is 0 Å². The van der Waals surface area contributed by atoms with Crippen molar-refractivity contribution in [2.24, 2.45) is 0 Å². The second-order valence-electron chi connectivity index (χ2n) is 4.20. The van der Waals surface area contributed by atoms with Crippen molar-refractivity contribution >= 4 is 17.7 Å². The molecule has 1 aromatic rings. The number of hydrogen-bond donors (Lipinski definition) is 1. The third kappa shape index (κ3) is 4.99. The number of anilines is 1. The van der Waals surface area contributed by atoms with E-state index < -0.39 is 0 Å². The van der Waals surface area contributed by atoms with E-state index in [1.165, 1.54) is 7.11 Å². The molecule has 5 heteroatoms. The molecule has 0 saturated carbocycles. The first kappa shape index (κ1) is 15.0. The lowest BCUT2D eigenvalue weighted by atomic mass is 10.2. The lowest BCUT2D eigenvalue weighted by Crippen LogP contribution is -2.36. The smallest absolute Gasteiger partial charge is 0.321 e. The van der Waals surface area contributed by atoms with Crippen molar-refractivity contribution in [2.75, 3.05) is 25.5 Å². The number of rotatable bonds is 5. The van der Waals surface area contributed by atoms with Crippen molar-refractivity contribution in [1.29, 1.82) is 0 Å². The van der Waals surface area contributed by atoms with Crippen LogP contribution in [0.15, 0.2) is 24.3 Å². The summed E-state index contributed by atoms with van der Waals surface area (Å²) < 4.78 is 4.56. The molecule has 0 unspecified atom stereocenters. The number of carbonyl (C=O) groups excluding carboxylic acids is 2. The van der Waals surface area contributed by atoms with Crippen LogP contribution < -0.4 is 5.32 Å². The highest BCUT2D eigenvalue weighted by atomic mass is 16.5. The summed E-state index contributed by atoms with van der Waals surface area (Å²) in [5.74, 6) is -0.318. The van der Waals surface area contributed by atoms with E-state index in [1.54, 1.807) is 4.90 Å². The van der Waals surface area contributed by atoms with E-state index in [2.05, 4.69) is 10.1 Å². The van der Waals surface area contributed by atoms with E-state index in [1.807, 2.05) is 38.1 Å². The van der Waals surface area contributed by atoms with Gasteiger partial charge in [0, 0.05) is 18.8 Å². The number of esters is 1. The molecule has 0 aliphatic carbocycles. The number of benzene rings is 1. The van der Waals surface area contributed by atoms with Crippen molar-refractivity contribution in [3.63, 3.8) is 0 Å². The fraction of sp³-hybridized carbons (Fsp3) is 0.429. The first-order chi connectivity index (χ1) is 9.06. The maximum absolute atomic E-state index is 12.0. The second kappa shape index (κ2) is 7.41. The van der Waals surface area contributed by atoms with Crippen molar-refractivity contribution in [3.05, 3.63) is 29.8 Å². The van der Waals surface area contributed by atoms with Crippen LogP contribution in [0.3, 0.4) is 0 Å². The monoisotopic (exact) mass is 264 g/mol. The highest BCUT2D eigenvalue weighted by molar-refractivity contribution is 5.89. The summed E-state index contributed by atoms with van der Waals surface area (Å²) in [5.41, 5.74) is 1.88. The maximum Gasteiger partial charge on any atom is 0.321 e. The van der Waals surface area contributed by atoms with Crippen molar-refractivity contribution in [1.82, 2.24) is 4.90 Å². The zero-order valence-corrected chi connectivity index (χ0v) is 11.6. The van der Waals surface area contributed by atoms with Gasteiger partial charge in [-0.2, -0.15) is 0 Å². The van der Waals surface area contributed by atoms with Gasteiger partial charge in [-0.1, -0.05) is 17.7 Å². The zero-order chi connectivity index (χ0) is 14.3. The largest absolute Gasteiger partial charge is 0.469 e. The van der Waals surface area contributed by atoms with Gasteiger partial charge in [-0.15, -0.1) is 0 Å². The molecule has 1 aromatic carbocycles. The van der Waals surface area contributed by atoms with E-state index in [0.29, 0.717) is 13.1 Å². The van der Waals surface area contributed by atoms with Gasteiger partial charge >= 0.3 is 12.0 Å². The van der Waals surface area contributed by atoms with Crippen LogP contribution in [-0.4, -0.2) is 37.1 Å². The molecular weight excluding hydrogens is 244 g/mol. The Kier molecular flexibility index (Phi) is 5.85. The maximum atomic E-state index is 12.0. The summed E-state index contributed by atoms with van der Waals surface area (Å²) in [5, 5.41) is 2.80. The van der Waals surface area contributed by atoms with Crippen LogP contribution in [0.2, 0.25) is 0 Å². The van der Waals surface area contributed by atoms with E-state index in [-0.39, 0.29) is 18.4 Å². The number of amides is 2. The lowest BCUT2D eigenvalue weighted by Gasteiger charge is -2.20. The lowest BCUT2D eigenvalue weighted by molar-refractivity contribution is -0.140. The Hall–Kier alpha value is -2.04. The fourth-order valence-corrected chi connectivity index (χ4v) is 1.57. The first-order valence-corrected chi connectivity index (χ1v) is 6.26. The van der Waals surface area contributed by atoms with E-state index in [0.717, 1.165) is 11.3 Å². The molecule has 0 radical (unpaired) electrons. The molecule has 104 valence electrons. The summed E-state index contributed by atoms with van der Waals surface area (Å²) in [6.45, 7) is 4.74. The minimum absolute atomic E-state index is 0.200. The number of carbonyl (C=O) groups is 2. The fourth-order valence-electron chi connectivity index (χ4n) is 1.57. The quantitative estimate of drug-likeness (QED) is 0.831. The molecule has 0 spiro atoms.